The van der Waals surface area contributed by atoms with Crippen molar-refractivity contribution in [2.45, 2.75) is 18.4 Å². The van der Waals surface area contributed by atoms with Crippen LogP contribution in [0.25, 0.3) is 0 Å². The van der Waals surface area contributed by atoms with E-state index in [1.165, 1.54) is 10.9 Å². The summed E-state index contributed by atoms with van der Waals surface area (Å²) < 4.78 is 28.6. The molecular weight excluding hydrogens is 278 g/mol. The zero-order chi connectivity index (χ0) is 14.6. The predicted octanol–water partition coefficient (Wildman–Crippen LogP) is 1.44. The Hall–Kier alpha value is -2.09. The van der Waals surface area contributed by atoms with Crippen molar-refractivity contribution >= 4 is 21.5 Å². The van der Waals surface area contributed by atoms with E-state index in [9.17, 15) is 8.42 Å². The third-order valence-corrected chi connectivity index (χ3v) is 3.86. The molecule has 7 nitrogen and oxygen atoms in total. The summed E-state index contributed by atoms with van der Waals surface area (Å²) >= 11 is 0. The van der Waals surface area contributed by atoms with Crippen LogP contribution in [0.5, 0.6) is 0 Å². The minimum Gasteiger partial charge on any atom is -0.383 e. The summed E-state index contributed by atoms with van der Waals surface area (Å²) in [7, 11) is -2.05. The van der Waals surface area contributed by atoms with Crippen molar-refractivity contribution in [3.8, 4) is 0 Å². The average Bonchev–Trinajstić information content (AvgIpc) is 2.81. The van der Waals surface area contributed by atoms with Crippen LogP contribution >= 0.6 is 0 Å². The first kappa shape index (κ1) is 14.3. The van der Waals surface area contributed by atoms with E-state index in [1.54, 1.807) is 31.4 Å². The molecule has 0 saturated heterocycles. The number of sulfonamides is 1. The highest BCUT2D eigenvalue weighted by Gasteiger charge is 2.20. The lowest BCUT2D eigenvalue weighted by Gasteiger charge is -2.11. The topological polar surface area (TPSA) is 88.9 Å². The molecule has 2 rings (SSSR count). The molecule has 0 amide bonds. The molecule has 0 spiro atoms. The molecule has 0 aliphatic carbocycles. The van der Waals surface area contributed by atoms with Crippen molar-refractivity contribution in [3.05, 3.63) is 30.6 Å². The van der Waals surface area contributed by atoms with Gasteiger partial charge in [-0.1, -0.05) is 6.92 Å². The van der Waals surface area contributed by atoms with Gasteiger partial charge in [0.1, 0.15) is 0 Å². The van der Waals surface area contributed by atoms with E-state index in [0.717, 1.165) is 6.42 Å². The zero-order valence-corrected chi connectivity index (χ0v) is 12.2. The van der Waals surface area contributed by atoms with Crippen LogP contribution in [0.4, 0.5) is 11.5 Å². The molecule has 0 aromatic carbocycles. The molecule has 2 aromatic heterocycles. The van der Waals surface area contributed by atoms with Gasteiger partial charge in [0, 0.05) is 32.1 Å². The van der Waals surface area contributed by atoms with Crippen LogP contribution in [0.3, 0.4) is 0 Å². The SMILES string of the molecule is CCCNc1cccnc1S(=O)(=O)Nc1ccn(C)n1. The fourth-order valence-electron chi connectivity index (χ4n) is 1.65. The average molecular weight is 295 g/mol. The molecule has 0 aliphatic rings. The van der Waals surface area contributed by atoms with Crippen LogP contribution in [0.15, 0.2) is 35.6 Å². The van der Waals surface area contributed by atoms with Gasteiger partial charge in [0.2, 0.25) is 0 Å². The van der Waals surface area contributed by atoms with E-state index >= 15 is 0 Å². The number of anilines is 2. The summed E-state index contributed by atoms with van der Waals surface area (Å²) in [6.07, 6.45) is 4.00. The fourth-order valence-corrected chi connectivity index (χ4v) is 2.76. The largest absolute Gasteiger partial charge is 0.383 e. The van der Waals surface area contributed by atoms with Crippen LogP contribution in [-0.2, 0) is 17.1 Å². The second kappa shape index (κ2) is 5.91. The Labute approximate surface area is 118 Å². The number of aryl methyl sites for hydroxylation is 1. The first-order valence-corrected chi connectivity index (χ1v) is 7.72. The smallest absolute Gasteiger partial charge is 0.282 e. The number of rotatable bonds is 6. The van der Waals surface area contributed by atoms with Gasteiger partial charge in [-0.3, -0.25) is 9.40 Å². The Morgan fingerprint density at radius 2 is 2.15 bits per heavy atom. The van der Waals surface area contributed by atoms with E-state index in [-0.39, 0.29) is 10.8 Å². The van der Waals surface area contributed by atoms with E-state index in [2.05, 4.69) is 20.1 Å². The molecule has 0 bridgehead atoms. The maximum atomic E-state index is 12.3. The summed E-state index contributed by atoms with van der Waals surface area (Å²) in [4.78, 5) is 3.96. The highest BCUT2D eigenvalue weighted by atomic mass is 32.2. The van der Waals surface area contributed by atoms with Crippen molar-refractivity contribution in [3.63, 3.8) is 0 Å². The van der Waals surface area contributed by atoms with E-state index in [0.29, 0.717) is 12.2 Å². The number of nitrogens with one attached hydrogen (secondary N) is 2. The zero-order valence-electron chi connectivity index (χ0n) is 11.4. The first-order chi connectivity index (χ1) is 9.53. The molecule has 0 saturated carbocycles. The molecule has 0 aliphatic heterocycles. The lowest BCUT2D eigenvalue weighted by atomic mass is 10.4. The quantitative estimate of drug-likeness (QED) is 0.841. The molecule has 8 heteroatoms. The normalized spacial score (nSPS) is 11.3. The molecule has 20 heavy (non-hydrogen) atoms. The molecule has 0 unspecified atom stereocenters. The van der Waals surface area contributed by atoms with Gasteiger partial charge >= 0.3 is 0 Å². The van der Waals surface area contributed by atoms with Gasteiger partial charge in [-0.05, 0) is 18.6 Å². The van der Waals surface area contributed by atoms with Crippen molar-refractivity contribution in [2.75, 3.05) is 16.6 Å². The number of hydrogen-bond acceptors (Lipinski definition) is 5. The molecule has 0 fully saturated rings. The van der Waals surface area contributed by atoms with Crippen molar-refractivity contribution < 1.29 is 8.42 Å². The van der Waals surface area contributed by atoms with Gasteiger partial charge in [-0.2, -0.15) is 13.5 Å². The number of pyridine rings is 1. The van der Waals surface area contributed by atoms with Gasteiger partial charge in [0.05, 0.1) is 5.69 Å². The Bertz CT molecular complexity index is 681. The van der Waals surface area contributed by atoms with Crippen LogP contribution in [-0.4, -0.2) is 29.7 Å². The van der Waals surface area contributed by atoms with Crippen LogP contribution in [0.1, 0.15) is 13.3 Å². The summed E-state index contributed by atoms with van der Waals surface area (Å²) in [6, 6.07) is 4.97. The highest BCUT2D eigenvalue weighted by molar-refractivity contribution is 7.92. The minimum atomic E-state index is -3.76. The van der Waals surface area contributed by atoms with Crippen LogP contribution in [0.2, 0.25) is 0 Å². The predicted molar refractivity (Wildman–Crippen MR) is 77.0 cm³/mol. The van der Waals surface area contributed by atoms with Gasteiger partial charge in [-0.25, -0.2) is 4.98 Å². The van der Waals surface area contributed by atoms with Gasteiger partial charge in [0.25, 0.3) is 10.0 Å². The summed E-state index contributed by atoms with van der Waals surface area (Å²) in [5.41, 5.74) is 0.484. The second-order valence-electron chi connectivity index (χ2n) is 4.26. The molecule has 2 heterocycles. The summed E-state index contributed by atoms with van der Waals surface area (Å²) in [6.45, 7) is 2.68. The summed E-state index contributed by atoms with van der Waals surface area (Å²) in [5.74, 6) is 0.264. The first-order valence-electron chi connectivity index (χ1n) is 6.24. The fraction of sp³-hybridized carbons (Fsp3) is 0.333. The monoisotopic (exact) mass is 295 g/mol. The Morgan fingerprint density at radius 1 is 1.35 bits per heavy atom. The third kappa shape index (κ3) is 3.27. The molecular formula is C12H17N5O2S. The van der Waals surface area contributed by atoms with Gasteiger partial charge < -0.3 is 5.32 Å². The molecule has 2 aromatic rings. The van der Waals surface area contributed by atoms with E-state index in [1.807, 2.05) is 6.92 Å². The van der Waals surface area contributed by atoms with Crippen molar-refractivity contribution in [1.82, 2.24) is 14.8 Å². The molecule has 0 radical (unpaired) electrons. The van der Waals surface area contributed by atoms with E-state index < -0.39 is 10.0 Å². The maximum Gasteiger partial charge on any atom is 0.282 e. The Morgan fingerprint density at radius 3 is 2.80 bits per heavy atom. The van der Waals surface area contributed by atoms with Crippen molar-refractivity contribution in [2.24, 2.45) is 7.05 Å². The standard InChI is InChI=1S/C12H17N5O2S/c1-3-7-13-10-5-4-8-14-12(10)20(18,19)16-11-6-9-17(2)15-11/h4-6,8-9,13H,3,7H2,1-2H3,(H,15,16). The van der Waals surface area contributed by atoms with Crippen LogP contribution < -0.4 is 10.0 Å². The van der Waals surface area contributed by atoms with Gasteiger partial charge in [-0.15, -0.1) is 0 Å². The molecule has 2 N–H and O–H groups in total. The second-order valence-corrected chi connectivity index (χ2v) is 5.86. The lowest BCUT2D eigenvalue weighted by molar-refractivity contribution is 0.597. The highest BCUT2D eigenvalue weighted by Crippen LogP contribution is 2.20. The molecule has 108 valence electrons. The van der Waals surface area contributed by atoms with Crippen LogP contribution in [0, 0.1) is 0 Å². The minimum absolute atomic E-state index is 0.0286. The number of nitrogens with zero attached hydrogens (tertiary/aromatic N) is 3. The van der Waals surface area contributed by atoms with E-state index in [4.69, 9.17) is 0 Å². The Kier molecular flexibility index (Phi) is 4.23. The van der Waals surface area contributed by atoms with Gasteiger partial charge in [0.15, 0.2) is 10.8 Å². The number of aromatic nitrogens is 3. The molecule has 0 atom stereocenters. The maximum absolute atomic E-state index is 12.3. The van der Waals surface area contributed by atoms with Crippen molar-refractivity contribution in [1.29, 1.82) is 0 Å². The number of hydrogen-bond donors (Lipinski definition) is 2. The third-order valence-electron chi connectivity index (χ3n) is 2.54. The lowest BCUT2D eigenvalue weighted by Crippen LogP contribution is -2.17. The summed E-state index contributed by atoms with van der Waals surface area (Å²) in [5, 5.41) is 7.02. The Balaban J connectivity index is 2.29.